The summed E-state index contributed by atoms with van der Waals surface area (Å²) in [7, 11) is -1.27. The zero-order valence-corrected chi connectivity index (χ0v) is 17.6. The number of nitrogens with one attached hydrogen (secondary N) is 1. The SMILES string of the molecule is O=S(c1cccc(-c2nnc(CCl)o2)c1)N1CCC(Nc2ncc(Cl)cn2)CC1. The summed E-state index contributed by atoms with van der Waals surface area (Å²) in [6.07, 6.45) is 4.79. The summed E-state index contributed by atoms with van der Waals surface area (Å²) in [5, 5.41) is 11.7. The topological polar surface area (TPSA) is 97.0 Å². The Morgan fingerprint density at radius 1 is 1.21 bits per heavy atom. The van der Waals surface area contributed by atoms with Crippen LogP contribution in [0.1, 0.15) is 18.7 Å². The maximum absolute atomic E-state index is 13.0. The number of hydrogen-bond donors (Lipinski definition) is 1. The third-order valence-corrected chi connectivity index (χ3v) is 6.42. The Hall–Kier alpha value is -2.07. The Bertz CT molecular complexity index is 992. The van der Waals surface area contributed by atoms with E-state index in [1.54, 1.807) is 12.4 Å². The van der Waals surface area contributed by atoms with E-state index in [0.29, 0.717) is 40.7 Å². The molecule has 0 saturated carbocycles. The number of hydrogen-bond acceptors (Lipinski definition) is 7. The lowest BCUT2D eigenvalue weighted by atomic mass is 10.1. The molecule has 3 heterocycles. The first-order chi connectivity index (χ1) is 14.1. The minimum absolute atomic E-state index is 0.155. The molecule has 1 atom stereocenters. The van der Waals surface area contributed by atoms with Gasteiger partial charge in [-0.15, -0.1) is 21.8 Å². The Morgan fingerprint density at radius 3 is 2.66 bits per heavy atom. The lowest BCUT2D eigenvalue weighted by molar-refractivity contribution is 0.345. The maximum Gasteiger partial charge on any atom is 0.247 e. The molecule has 1 aromatic carbocycles. The molecule has 1 saturated heterocycles. The maximum atomic E-state index is 13.0. The molecular formula is C18H18Cl2N6O2S. The van der Waals surface area contributed by atoms with Gasteiger partial charge in [-0.2, -0.15) is 0 Å². The molecule has 1 aliphatic heterocycles. The molecule has 11 heteroatoms. The number of piperidine rings is 1. The zero-order valence-electron chi connectivity index (χ0n) is 15.3. The van der Waals surface area contributed by atoms with Crippen LogP contribution < -0.4 is 5.32 Å². The first-order valence-electron chi connectivity index (χ1n) is 9.02. The van der Waals surface area contributed by atoms with Gasteiger partial charge in [0.05, 0.1) is 22.3 Å². The molecule has 8 nitrogen and oxygen atoms in total. The first kappa shape index (κ1) is 20.2. The van der Waals surface area contributed by atoms with E-state index < -0.39 is 11.0 Å². The van der Waals surface area contributed by atoms with E-state index in [4.69, 9.17) is 27.6 Å². The molecule has 0 spiro atoms. The number of aromatic nitrogens is 4. The van der Waals surface area contributed by atoms with Crippen LogP contribution in [0, 0.1) is 0 Å². The zero-order chi connectivity index (χ0) is 20.2. The molecule has 0 bridgehead atoms. The number of nitrogens with zero attached hydrogens (tertiary/aromatic N) is 5. The summed E-state index contributed by atoms with van der Waals surface area (Å²) in [5.41, 5.74) is 0.719. The van der Waals surface area contributed by atoms with Crippen LogP contribution in [0.5, 0.6) is 0 Å². The molecular weight excluding hydrogens is 435 g/mol. The van der Waals surface area contributed by atoms with Gasteiger partial charge in [0.25, 0.3) is 0 Å². The van der Waals surface area contributed by atoms with Crippen LogP contribution in [0.15, 0.2) is 46.0 Å². The summed E-state index contributed by atoms with van der Waals surface area (Å²) in [4.78, 5) is 9.02. The van der Waals surface area contributed by atoms with Gasteiger partial charge >= 0.3 is 0 Å². The monoisotopic (exact) mass is 452 g/mol. The second-order valence-electron chi connectivity index (χ2n) is 6.48. The van der Waals surface area contributed by atoms with Gasteiger partial charge in [-0.05, 0) is 31.0 Å². The van der Waals surface area contributed by atoms with E-state index in [1.807, 2.05) is 28.6 Å². The van der Waals surface area contributed by atoms with Crippen molar-refractivity contribution in [1.82, 2.24) is 24.5 Å². The smallest absolute Gasteiger partial charge is 0.247 e. The fourth-order valence-corrected chi connectivity index (χ4v) is 4.52. The second-order valence-corrected chi connectivity index (χ2v) is 8.67. The molecule has 29 heavy (non-hydrogen) atoms. The Kier molecular flexibility index (Phi) is 6.39. The second kappa shape index (κ2) is 9.17. The minimum Gasteiger partial charge on any atom is -0.419 e. The molecule has 3 aromatic rings. The molecule has 2 aromatic heterocycles. The van der Waals surface area contributed by atoms with Gasteiger partial charge in [0.15, 0.2) is 0 Å². The van der Waals surface area contributed by atoms with Crippen LogP contribution in [0.25, 0.3) is 11.5 Å². The van der Waals surface area contributed by atoms with Crippen molar-refractivity contribution in [2.75, 3.05) is 18.4 Å². The van der Waals surface area contributed by atoms with Crippen molar-refractivity contribution in [2.24, 2.45) is 0 Å². The van der Waals surface area contributed by atoms with E-state index >= 15 is 0 Å². The fourth-order valence-electron chi connectivity index (χ4n) is 3.05. The molecule has 1 aliphatic rings. The van der Waals surface area contributed by atoms with Crippen molar-refractivity contribution >= 4 is 40.1 Å². The first-order valence-corrected chi connectivity index (χ1v) is 11.0. The molecule has 1 unspecified atom stereocenters. The number of rotatable bonds is 6. The van der Waals surface area contributed by atoms with Gasteiger partial charge in [0.2, 0.25) is 17.7 Å². The van der Waals surface area contributed by atoms with Gasteiger partial charge in [0, 0.05) is 24.7 Å². The highest BCUT2D eigenvalue weighted by molar-refractivity contribution is 7.82. The van der Waals surface area contributed by atoms with Crippen LogP contribution >= 0.6 is 23.2 Å². The lowest BCUT2D eigenvalue weighted by Crippen LogP contribution is -2.40. The molecule has 0 aliphatic carbocycles. The minimum atomic E-state index is -1.27. The molecule has 152 valence electrons. The van der Waals surface area contributed by atoms with Gasteiger partial charge < -0.3 is 9.73 Å². The van der Waals surface area contributed by atoms with Crippen LogP contribution in [0.3, 0.4) is 0 Å². The van der Waals surface area contributed by atoms with Crippen molar-refractivity contribution < 1.29 is 8.63 Å². The predicted octanol–water partition coefficient (Wildman–Crippen LogP) is 3.52. The largest absolute Gasteiger partial charge is 0.419 e. The summed E-state index contributed by atoms with van der Waals surface area (Å²) in [6.45, 7) is 1.39. The van der Waals surface area contributed by atoms with Gasteiger partial charge in [-0.25, -0.2) is 18.5 Å². The highest BCUT2D eigenvalue weighted by Gasteiger charge is 2.24. The standard InChI is InChI=1S/C18H18Cl2N6O2S/c19-9-16-24-25-17(28-16)12-2-1-3-15(8-12)29(27)26-6-4-14(5-7-26)23-18-21-10-13(20)11-22-18/h1-3,8,10-11,14H,4-7,9H2,(H,21,22,23). The summed E-state index contributed by atoms with van der Waals surface area (Å²) < 4.78 is 20.5. The van der Waals surface area contributed by atoms with Gasteiger partial charge in [0.1, 0.15) is 16.9 Å². The summed E-state index contributed by atoms with van der Waals surface area (Å²) >= 11 is 11.5. The Balaban J connectivity index is 1.38. The fraction of sp³-hybridized carbons (Fsp3) is 0.333. The Morgan fingerprint density at radius 2 is 1.97 bits per heavy atom. The van der Waals surface area contributed by atoms with Crippen molar-refractivity contribution in [2.45, 2.75) is 29.7 Å². The quantitative estimate of drug-likeness (QED) is 0.571. The summed E-state index contributed by atoms with van der Waals surface area (Å²) in [5.74, 6) is 1.43. The van der Waals surface area contributed by atoms with Crippen LogP contribution in [-0.4, -0.2) is 47.8 Å². The van der Waals surface area contributed by atoms with Crippen molar-refractivity contribution in [3.8, 4) is 11.5 Å². The van der Waals surface area contributed by atoms with E-state index in [-0.39, 0.29) is 11.9 Å². The average Bonchev–Trinajstić information content (AvgIpc) is 3.25. The van der Waals surface area contributed by atoms with E-state index in [1.165, 1.54) is 0 Å². The van der Waals surface area contributed by atoms with Crippen molar-refractivity contribution in [3.05, 3.63) is 47.6 Å². The van der Waals surface area contributed by atoms with Gasteiger partial charge in [-0.3, -0.25) is 0 Å². The normalized spacial score (nSPS) is 16.6. The number of benzene rings is 1. The lowest BCUT2D eigenvalue weighted by Gasteiger charge is -2.31. The number of anilines is 1. The van der Waals surface area contributed by atoms with E-state index in [2.05, 4.69) is 25.5 Å². The van der Waals surface area contributed by atoms with Crippen LogP contribution in [-0.2, 0) is 16.9 Å². The third-order valence-electron chi connectivity index (χ3n) is 4.51. The molecule has 0 radical (unpaired) electrons. The van der Waals surface area contributed by atoms with Gasteiger partial charge in [-0.1, -0.05) is 17.7 Å². The van der Waals surface area contributed by atoms with E-state index in [9.17, 15) is 4.21 Å². The molecule has 1 N–H and O–H groups in total. The molecule has 1 fully saturated rings. The van der Waals surface area contributed by atoms with Crippen molar-refractivity contribution in [3.63, 3.8) is 0 Å². The number of halogens is 2. The van der Waals surface area contributed by atoms with Crippen molar-refractivity contribution in [1.29, 1.82) is 0 Å². The summed E-state index contributed by atoms with van der Waals surface area (Å²) in [6, 6.07) is 7.55. The highest BCUT2D eigenvalue weighted by Crippen LogP contribution is 2.24. The van der Waals surface area contributed by atoms with E-state index in [0.717, 1.165) is 18.4 Å². The number of alkyl halides is 1. The highest BCUT2D eigenvalue weighted by atomic mass is 35.5. The molecule has 0 amide bonds. The van der Waals surface area contributed by atoms with Crippen LogP contribution in [0.2, 0.25) is 5.02 Å². The average molecular weight is 453 g/mol. The third kappa shape index (κ3) is 4.92. The Labute approximate surface area is 180 Å². The van der Waals surface area contributed by atoms with Crippen LogP contribution in [0.4, 0.5) is 5.95 Å². The molecule has 4 rings (SSSR count). The predicted molar refractivity (Wildman–Crippen MR) is 111 cm³/mol.